The maximum atomic E-state index is 12.3. The second kappa shape index (κ2) is 7.87. The first kappa shape index (κ1) is 18.9. The van der Waals surface area contributed by atoms with Crippen molar-refractivity contribution < 1.29 is 0 Å². The summed E-state index contributed by atoms with van der Waals surface area (Å²) in [5.41, 5.74) is 2.16. The number of aromatic nitrogens is 4. The molecule has 150 valence electrons. The van der Waals surface area contributed by atoms with Gasteiger partial charge in [-0.3, -0.25) is 9.78 Å². The fourth-order valence-electron chi connectivity index (χ4n) is 3.82. The summed E-state index contributed by atoms with van der Waals surface area (Å²) in [5, 5.41) is 0. The molecule has 2 aromatic rings. The van der Waals surface area contributed by atoms with Gasteiger partial charge in [-0.2, -0.15) is 0 Å². The smallest absolute Gasteiger partial charge is 0.252 e. The highest BCUT2D eigenvalue weighted by atomic mass is 16.1. The summed E-state index contributed by atoms with van der Waals surface area (Å²) in [4.78, 5) is 35.9. The molecule has 0 radical (unpaired) electrons. The third kappa shape index (κ3) is 4.01. The Balaban J connectivity index is 1.59. The van der Waals surface area contributed by atoms with Gasteiger partial charge >= 0.3 is 0 Å². The zero-order valence-corrected chi connectivity index (χ0v) is 17.0. The van der Waals surface area contributed by atoms with E-state index in [4.69, 9.17) is 9.97 Å². The molecule has 0 aromatic carbocycles. The summed E-state index contributed by atoms with van der Waals surface area (Å²) in [7, 11) is 2.13. The predicted octanol–water partition coefficient (Wildman–Crippen LogP) is 1.52. The topological polar surface area (TPSA) is 81.2 Å². The van der Waals surface area contributed by atoms with Gasteiger partial charge in [0.15, 0.2) is 0 Å². The number of nitrogens with one attached hydrogen (secondary N) is 1. The number of anilines is 2. The van der Waals surface area contributed by atoms with Gasteiger partial charge < -0.3 is 14.7 Å². The monoisotopic (exact) mass is 383 g/mol. The number of aromatic amines is 1. The van der Waals surface area contributed by atoms with Crippen molar-refractivity contribution in [3.8, 4) is 11.3 Å². The van der Waals surface area contributed by atoms with Gasteiger partial charge in [0.25, 0.3) is 5.56 Å². The highest BCUT2D eigenvalue weighted by Gasteiger charge is 2.20. The van der Waals surface area contributed by atoms with E-state index in [-0.39, 0.29) is 5.56 Å². The number of piperidine rings is 1. The van der Waals surface area contributed by atoms with Crippen LogP contribution in [0.2, 0.25) is 0 Å². The van der Waals surface area contributed by atoms with Crippen LogP contribution in [0.4, 0.5) is 11.9 Å². The lowest BCUT2D eigenvalue weighted by Gasteiger charge is -2.32. The first-order valence-corrected chi connectivity index (χ1v) is 10.1. The zero-order chi connectivity index (χ0) is 19.7. The van der Waals surface area contributed by atoms with Crippen LogP contribution in [-0.4, -0.2) is 71.2 Å². The summed E-state index contributed by atoms with van der Waals surface area (Å²) in [6.07, 6.45) is 4.05. The van der Waals surface area contributed by atoms with E-state index in [1.165, 1.54) is 6.07 Å². The van der Waals surface area contributed by atoms with Crippen molar-refractivity contribution in [2.24, 2.45) is 5.92 Å². The van der Waals surface area contributed by atoms with E-state index in [9.17, 15) is 4.79 Å². The quantitative estimate of drug-likeness (QED) is 0.861. The minimum atomic E-state index is -0.138. The Morgan fingerprint density at radius 3 is 2.43 bits per heavy atom. The number of aryl methyl sites for hydroxylation is 1. The summed E-state index contributed by atoms with van der Waals surface area (Å²) in [6.45, 7) is 9.95. The number of hydrogen-bond acceptors (Lipinski definition) is 7. The van der Waals surface area contributed by atoms with E-state index in [0.717, 1.165) is 75.2 Å². The maximum absolute atomic E-state index is 12.3. The number of nitrogens with zero attached hydrogens (tertiary/aromatic N) is 6. The predicted molar refractivity (Wildman–Crippen MR) is 111 cm³/mol. The highest BCUT2D eigenvalue weighted by Crippen LogP contribution is 2.24. The molecule has 28 heavy (non-hydrogen) atoms. The van der Waals surface area contributed by atoms with Crippen LogP contribution in [0.15, 0.2) is 17.1 Å². The van der Waals surface area contributed by atoms with E-state index >= 15 is 0 Å². The molecule has 8 nitrogen and oxygen atoms in total. The van der Waals surface area contributed by atoms with Crippen LogP contribution in [0.3, 0.4) is 0 Å². The molecule has 2 fully saturated rings. The lowest BCUT2D eigenvalue weighted by molar-refractivity contribution is 0.311. The SMILES string of the molecule is Cc1nc(N2CCN(C)CC2)ncc1-c1cc(=O)[nH]c(N2CCC(C)CC2)n1. The fourth-order valence-corrected chi connectivity index (χ4v) is 3.82. The Morgan fingerprint density at radius 2 is 1.75 bits per heavy atom. The lowest BCUT2D eigenvalue weighted by Crippen LogP contribution is -2.45. The maximum Gasteiger partial charge on any atom is 0.252 e. The molecule has 0 unspecified atom stereocenters. The van der Waals surface area contributed by atoms with Crippen molar-refractivity contribution in [2.45, 2.75) is 26.7 Å². The third-order valence-corrected chi connectivity index (χ3v) is 5.84. The van der Waals surface area contributed by atoms with Crippen molar-refractivity contribution in [3.63, 3.8) is 0 Å². The Morgan fingerprint density at radius 1 is 1.04 bits per heavy atom. The van der Waals surface area contributed by atoms with Gasteiger partial charge in [-0.05, 0) is 32.7 Å². The second-order valence-corrected chi connectivity index (χ2v) is 8.08. The molecule has 1 N–H and O–H groups in total. The number of piperazine rings is 1. The van der Waals surface area contributed by atoms with E-state index in [1.807, 2.05) is 6.92 Å². The van der Waals surface area contributed by atoms with Crippen molar-refractivity contribution in [1.29, 1.82) is 0 Å². The van der Waals surface area contributed by atoms with Gasteiger partial charge in [0.1, 0.15) is 0 Å². The summed E-state index contributed by atoms with van der Waals surface area (Å²) in [5.74, 6) is 2.13. The van der Waals surface area contributed by atoms with Crippen LogP contribution in [0.5, 0.6) is 0 Å². The van der Waals surface area contributed by atoms with Gasteiger partial charge in [0.05, 0.1) is 11.4 Å². The van der Waals surface area contributed by atoms with E-state index in [2.05, 4.69) is 38.6 Å². The molecule has 2 aliphatic heterocycles. The molecule has 0 spiro atoms. The average Bonchev–Trinajstić information content (AvgIpc) is 2.68. The molecular weight excluding hydrogens is 354 g/mol. The fraction of sp³-hybridized carbons (Fsp3) is 0.600. The van der Waals surface area contributed by atoms with Crippen LogP contribution in [0.1, 0.15) is 25.5 Å². The molecule has 8 heteroatoms. The number of hydrogen-bond donors (Lipinski definition) is 1. The normalized spacial score (nSPS) is 19.2. The summed E-state index contributed by atoms with van der Waals surface area (Å²) in [6, 6.07) is 1.54. The number of likely N-dealkylation sites (N-methyl/N-ethyl adjacent to an activating group) is 1. The molecule has 2 saturated heterocycles. The van der Waals surface area contributed by atoms with Gasteiger partial charge in [-0.15, -0.1) is 0 Å². The number of rotatable bonds is 3. The Bertz CT molecular complexity index is 880. The highest BCUT2D eigenvalue weighted by molar-refractivity contribution is 5.62. The van der Waals surface area contributed by atoms with E-state index in [1.54, 1.807) is 6.20 Å². The minimum absolute atomic E-state index is 0.138. The molecular formula is C20H29N7O. The van der Waals surface area contributed by atoms with Crippen molar-refractivity contribution in [1.82, 2.24) is 24.8 Å². The molecule has 0 aliphatic carbocycles. The van der Waals surface area contributed by atoms with Crippen LogP contribution in [-0.2, 0) is 0 Å². The molecule has 4 heterocycles. The summed E-state index contributed by atoms with van der Waals surface area (Å²) >= 11 is 0. The number of H-pyrrole nitrogens is 1. The summed E-state index contributed by atoms with van der Waals surface area (Å²) < 4.78 is 0. The minimum Gasteiger partial charge on any atom is -0.342 e. The molecule has 0 saturated carbocycles. The van der Waals surface area contributed by atoms with E-state index < -0.39 is 0 Å². The van der Waals surface area contributed by atoms with Crippen LogP contribution >= 0.6 is 0 Å². The molecule has 0 atom stereocenters. The zero-order valence-electron chi connectivity index (χ0n) is 17.0. The molecule has 2 aliphatic rings. The average molecular weight is 384 g/mol. The van der Waals surface area contributed by atoms with Gasteiger partial charge in [-0.1, -0.05) is 6.92 Å². The van der Waals surface area contributed by atoms with Gasteiger partial charge in [-0.25, -0.2) is 15.0 Å². The second-order valence-electron chi connectivity index (χ2n) is 8.08. The molecule has 2 aromatic heterocycles. The molecule has 4 rings (SSSR count). The standard InChI is InChI=1S/C20H29N7O/c1-14-4-6-26(7-5-14)20-23-17(12-18(28)24-20)16-13-21-19(22-15(16)2)27-10-8-25(3)9-11-27/h12-14H,4-11H2,1-3H3,(H,23,24,28). The van der Waals surface area contributed by atoms with Crippen molar-refractivity contribution in [3.05, 3.63) is 28.3 Å². The molecule has 0 amide bonds. The Labute approximate surface area is 165 Å². The van der Waals surface area contributed by atoms with E-state index in [0.29, 0.717) is 11.6 Å². The van der Waals surface area contributed by atoms with Gasteiger partial charge in [0, 0.05) is 57.1 Å². The van der Waals surface area contributed by atoms with Crippen molar-refractivity contribution in [2.75, 3.05) is 56.1 Å². The van der Waals surface area contributed by atoms with Crippen LogP contribution < -0.4 is 15.4 Å². The largest absolute Gasteiger partial charge is 0.342 e. The van der Waals surface area contributed by atoms with Crippen LogP contribution in [0.25, 0.3) is 11.3 Å². The first-order valence-electron chi connectivity index (χ1n) is 10.1. The van der Waals surface area contributed by atoms with Crippen molar-refractivity contribution >= 4 is 11.9 Å². The Hall–Kier alpha value is -2.48. The van der Waals surface area contributed by atoms with Gasteiger partial charge in [0.2, 0.25) is 11.9 Å². The lowest BCUT2D eigenvalue weighted by atomic mass is 10.00. The van der Waals surface area contributed by atoms with Crippen LogP contribution in [0, 0.1) is 12.8 Å². The Kier molecular flexibility index (Phi) is 5.30. The molecule has 0 bridgehead atoms. The third-order valence-electron chi connectivity index (χ3n) is 5.84. The first-order chi connectivity index (χ1) is 13.5.